The molecule has 1 aromatic heterocycles. The van der Waals surface area contributed by atoms with E-state index in [0.717, 1.165) is 18.8 Å². The number of benzene rings is 1. The summed E-state index contributed by atoms with van der Waals surface area (Å²) in [4.78, 5) is 19.3. The first kappa shape index (κ1) is 18.1. The van der Waals surface area contributed by atoms with Crippen LogP contribution in [-0.2, 0) is 14.3 Å². The van der Waals surface area contributed by atoms with Crippen LogP contribution in [0.3, 0.4) is 0 Å². The second-order valence-electron chi connectivity index (χ2n) is 7.07. The highest BCUT2D eigenvalue weighted by Gasteiger charge is 2.71. The molecule has 2 fully saturated rings. The van der Waals surface area contributed by atoms with Crippen molar-refractivity contribution in [1.82, 2.24) is 4.98 Å². The number of phenolic OH excluding ortho intramolecular Hbond substituents is 1. The van der Waals surface area contributed by atoms with E-state index >= 15 is 0 Å². The van der Waals surface area contributed by atoms with Crippen LogP contribution in [-0.4, -0.2) is 49.5 Å². The Morgan fingerprint density at radius 3 is 2.85 bits per heavy atom. The van der Waals surface area contributed by atoms with Crippen LogP contribution in [0.25, 0.3) is 11.3 Å². The molecule has 1 aliphatic carbocycles. The Balaban J connectivity index is 1.70. The third kappa shape index (κ3) is 2.75. The molecule has 0 bridgehead atoms. The number of hydrogen-bond donors (Lipinski definition) is 1. The Bertz CT molecular complexity index is 890. The molecule has 1 saturated heterocycles. The number of pyridine rings is 1. The van der Waals surface area contributed by atoms with Gasteiger partial charge in [-0.15, -0.1) is 0 Å². The lowest BCUT2D eigenvalue weighted by atomic mass is 9.96. The Morgan fingerprint density at radius 1 is 1.33 bits per heavy atom. The largest absolute Gasteiger partial charge is 0.506 e. The van der Waals surface area contributed by atoms with E-state index in [0.29, 0.717) is 17.9 Å². The van der Waals surface area contributed by atoms with Crippen LogP contribution >= 0.6 is 11.6 Å². The van der Waals surface area contributed by atoms with E-state index < -0.39 is 5.41 Å². The Labute approximate surface area is 162 Å². The molecule has 2 unspecified atom stereocenters. The first-order chi connectivity index (χ1) is 13.0. The summed E-state index contributed by atoms with van der Waals surface area (Å²) < 4.78 is 10.5. The minimum absolute atomic E-state index is 0.00700. The van der Waals surface area contributed by atoms with Crippen LogP contribution in [0.1, 0.15) is 6.42 Å². The van der Waals surface area contributed by atoms with Gasteiger partial charge in [0, 0.05) is 19.2 Å². The summed E-state index contributed by atoms with van der Waals surface area (Å²) in [6.07, 6.45) is 0.818. The maximum absolute atomic E-state index is 12.4. The van der Waals surface area contributed by atoms with Crippen molar-refractivity contribution in [3.05, 3.63) is 41.4 Å². The number of nitrogens with zero attached hydrogens (tertiary/aromatic N) is 2. The first-order valence-corrected chi connectivity index (χ1v) is 9.19. The van der Waals surface area contributed by atoms with Gasteiger partial charge in [-0.3, -0.25) is 4.79 Å². The topological polar surface area (TPSA) is 71.9 Å². The minimum atomic E-state index is -0.513. The summed E-state index contributed by atoms with van der Waals surface area (Å²) in [7, 11) is 3.06. The molecule has 0 radical (unpaired) electrons. The Kier molecular flexibility index (Phi) is 4.48. The number of methoxy groups -OCH3 is 2. The minimum Gasteiger partial charge on any atom is -0.506 e. The average Bonchev–Trinajstić information content (AvgIpc) is 3.33. The second-order valence-corrected chi connectivity index (χ2v) is 7.48. The fourth-order valence-electron chi connectivity index (χ4n) is 4.31. The molecular weight excluding hydrogens is 368 g/mol. The SMILES string of the molecule is COCC1N(c2cccc(-c3cccc(Cl)c3O)n2)CC2C[C@@]21C(=O)OC. The van der Waals surface area contributed by atoms with Crippen molar-refractivity contribution < 1.29 is 19.4 Å². The van der Waals surface area contributed by atoms with Gasteiger partial charge in [0.05, 0.1) is 35.9 Å². The van der Waals surface area contributed by atoms with Gasteiger partial charge in [-0.1, -0.05) is 23.7 Å². The van der Waals surface area contributed by atoms with Crippen LogP contribution in [0.2, 0.25) is 5.02 Å². The van der Waals surface area contributed by atoms with Gasteiger partial charge in [0.25, 0.3) is 0 Å². The van der Waals surface area contributed by atoms with Crippen LogP contribution in [0.15, 0.2) is 36.4 Å². The number of rotatable bonds is 5. The number of piperidine rings is 1. The zero-order valence-electron chi connectivity index (χ0n) is 15.2. The number of aromatic hydroxyl groups is 1. The van der Waals surface area contributed by atoms with Gasteiger partial charge in [0.2, 0.25) is 0 Å². The summed E-state index contributed by atoms with van der Waals surface area (Å²) in [5.41, 5.74) is 0.678. The molecule has 0 amide bonds. The normalized spacial score (nSPS) is 26.0. The molecule has 2 heterocycles. The number of aromatic nitrogens is 1. The lowest BCUT2D eigenvalue weighted by molar-refractivity contribution is -0.148. The number of phenols is 1. The van der Waals surface area contributed by atoms with Gasteiger partial charge >= 0.3 is 5.97 Å². The third-order valence-electron chi connectivity index (χ3n) is 5.72. The number of para-hydroxylation sites is 1. The average molecular weight is 389 g/mol. The van der Waals surface area contributed by atoms with Crippen LogP contribution < -0.4 is 4.90 Å². The fraction of sp³-hybridized carbons (Fsp3) is 0.400. The number of anilines is 1. The third-order valence-corrected chi connectivity index (χ3v) is 6.03. The molecule has 1 aliphatic heterocycles. The highest BCUT2D eigenvalue weighted by molar-refractivity contribution is 6.32. The maximum Gasteiger partial charge on any atom is 0.314 e. The second kappa shape index (κ2) is 6.69. The van der Waals surface area contributed by atoms with Crippen LogP contribution in [0.5, 0.6) is 5.75 Å². The van der Waals surface area contributed by atoms with E-state index in [-0.39, 0.29) is 28.7 Å². The van der Waals surface area contributed by atoms with Crippen molar-refractivity contribution in [3.8, 4) is 17.0 Å². The number of hydrogen-bond acceptors (Lipinski definition) is 6. The molecule has 2 aliphatic rings. The molecule has 1 saturated carbocycles. The van der Waals surface area contributed by atoms with Gasteiger partial charge < -0.3 is 19.5 Å². The van der Waals surface area contributed by atoms with Crippen molar-refractivity contribution in [2.24, 2.45) is 11.3 Å². The summed E-state index contributed by atoms with van der Waals surface area (Å²) in [6.45, 7) is 1.14. The highest BCUT2D eigenvalue weighted by atomic mass is 35.5. The van der Waals surface area contributed by atoms with Crippen molar-refractivity contribution in [2.45, 2.75) is 12.5 Å². The van der Waals surface area contributed by atoms with Gasteiger partial charge in [0.15, 0.2) is 0 Å². The predicted molar refractivity (Wildman–Crippen MR) is 102 cm³/mol. The quantitative estimate of drug-likeness (QED) is 0.793. The summed E-state index contributed by atoms with van der Waals surface area (Å²) >= 11 is 6.03. The standard InChI is InChI=1S/C20H21ClN2O4/c1-26-11-16-20(19(25)27-2)9-12(20)10-23(16)17-8-4-7-15(22-17)13-5-3-6-14(21)18(13)24/h3-8,12,16,24H,9-11H2,1-2H3/t12?,16?,20-/m1/s1. The van der Waals surface area contributed by atoms with Gasteiger partial charge in [0.1, 0.15) is 11.6 Å². The summed E-state index contributed by atoms with van der Waals surface area (Å²) in [5.74, 6) is 0.813. The molecule has 2 aromatic rings. The first-order valence-electron chi connectivity index (χ1n) is 8.81. The number of carbonyl (C=O) groups is 1. The molecular formula is C20H21ClN2O4. The highest BCUT2D eigenvalue weighted by Crippen LogP contribution is 2.62. The summed E-state index contributed by atoms with van der Waals surface area (Å²) in [6, 6.07) is 10.7. The van der Waals surface area contributed by atoms with Crippen molar-refractivity contribution in [1.29, 1.82) is 0 Å². The zero-order valence-corrected chi connectivity index (χ0v) is 15.9. The number of fused-ring (bicyclic) bond motifs is 1. The Morgan fingerprint density at radius 2 is 2.11 bits per heavy atom. The van der Waals surface area contributed by atoms with Gasteiger partial charge in [-0.2, -0.15) is 0 Å². The monoisotopic (exact) mass is 388 g/mol. The molecule has 142 valence electrons. The predicted octanol–water partition coefficient (Wildman–Crippen LogP) is 3.12. The number of esters is 1. The van der Waals surface area contributed by atoms with Crippen LogP contribution in [0, 0.1) is 11.3 Å². The van der Waals surface area contributed by atoms with E-state index in [4.69, 9.17) is 26.1 Å². The molecule has 27 heavy (non-hydrogen) atoms. The number of carbonyl (C=O) groups excluding carboxylic acids is 1. The maximum atomic E-state index is 12.4. The van der Waals surface area contributed by atoms with E-state index in [1.807, 2.05) is 18.2 Å². The van der Waals surface area contributed by atoms with E-state index in [1.54, 1.807) is 25.3 Å². The smallest absolute Gasteiger partial charge is 0.314 e. The molecule has 1 aromatic carbocycles. The van der Waals surface area contributed by atoms with Gasteiger partial charge in [-0.05, 0) is 36.6 Å². The van der Waals surface area contributed by atoms with Crippen LogP contribution in [0.4, 0.5) is 5.82 Å². The van der Waals surface area contributed by atoms with E-state index in [2.05, 4.69) is 4.90 Å². The molecule has 3 atom stereocenters. The van der Waals surface area contributed by atoms with E-state index in [1.165, 1.54) is 7.11 Å². The number of halogens is 1. The molecule has 6 nitrogen and oxygen atoms in total. The molecule has 1 N–H and O–H groups in total. The lowest BCUT2D eigenvalue weighted by Gasteiger charge is -2.31. The van der Waals surface area contributed by atoms with Crippen molar-refractivity contribution in [2.75, 3.05) is 32.3 Å². The number of ether oxygens (including phenoxy) is 2. The molecule has 7 heteroatoms. The van der Waals surface area contributed by atoms with Crippen molar-refractivity contribution in [3.63, 3.8) is 0 Å². The van der Waals surface area contributed by atoms with E-state index in [9.17, 15) is 9.90 Å². The van der Waals surface area contributed by atoms with Crippen molar-refractivity contribution >= 4 is 23.4 Å². The fourth-order valence-corrected chi connectivity index (χ4v) is 4.48. The lowest BCUT2D eigenvalue weighted by Crippen LogP contribution is -2.44. The Hall–Kier alpha value is -2.31. The zero-order chi connectivity index (χ0) is 19.2. The molecule has 4 rings (SSSR count). The van der Waals surface area contributed by atoms with Gasteiger partial charge in [-0.25, -0.2) is 4.98 Å². The molecule has 0 spiro atoms. The summed E-state index contributed by atoms with van der Waals surface area (Å²) in [5, 5.41) is 10.6.